The van der Waals surface area contributed by atoms with Crippen LogP contribution in [0.1, 0.15) is 30.6 Å². The summed E-state index contributed by atoms with van der Waals surface area (Å²) in [5, 5.41) is 12.2. The average Bonchev–Trinajstić information content (AvgIpc) is 3.32. The molecule has 4 rings (SSSR count). The molecule has 25 heavy (non-hydrogen) atoms. The van der Waals surface area contributed by atoms with Crippen LogP contribution < -0.4 is 5.32 Å². The molecule has 2 aromatic heterocycles. The first-order valence-electron chi connectivity index (χ1n) is 9.02. The molecule has 0 amide bonds. The summed E-state index contributed by atoms with van der Waals surface area (Å²) in [5.74, 6) is 2.93. The zero-order valence-electron chi connectivity index (χ0n) is 14.6. The number of benzene rings is 1. The van der Waals surface area contributed by atoms with E-state index in [-0.39, 0.29) is 0 Å². The van der Waals surface area contributed by atoms with Crippen molar-refractivity contribution >= 4 is 0 Å². The van der Waals surface area contributed by atoms with Gasteiger partial charge in [0.2, 0.25) is 0 Å². The van der Waals surface area contributed by atoms with Gasteiger partial charge in [0.1, 0.15) is 11.6 Å². The third-order valence-electron chi connectivity index (χ3n) is 4.94. The zero-order valence-corrected chi connectivity index (χ0v) is 14.6. The lowest BCUT2D eigenvalue weighted by molar-refractivity contribution is 0.342. The van der Waals surface area contributed by atoms with Gasteiger partial charge in [-0.3, -0.25) is 0 Å². The molecule has 0 bridgehead atoms. The van der Waals surface area contributed by atoms with Crippen molar-refractivity contribution in [2.24, 2.45) is 5.92 Å². The van der Waals surface area contributed by atoms with E-state index in [1.807, 2.05) is 17.1 Å². The Bertz CT molecular complexity index is 790. The summed E-state index contributed by atoms with van der Waals surface area (Å²) >= 11 is 0. The summed E-state index contributed by atoms with van der Waals surface area (Å²) in [4.78, 5) is 4.09. The Kier molecular flexibility index (Phi) is 4.61. The van der Waals surface area contributed by atoms with E-state index in [1.54, 1.807) is 6.20 Å². The van der Waals surface area contributed by atoms with Gasteiger partial charge in [-0.1, -0.05) is 19.1 Å². The fourth-order valence-corrected chi connectivity index (χ4v) is 3.50. The van der Waals surface area contributed by atoms with Gasteiger partial charge in [0.05, 0.1) is 6.33 Å². The van der Waals surface area contributed by atoms with Crippen LogP contribution in [0.25, 0.3) is 5.69 Å². The molecule has 1 aromatic carbocycles. The van der Waals surface area contributed by atoms with Crippen molar-refractivity contribution in [2.45, 2.75) is 39.3 Å². The van der Waals surface area contributed by atoms with Gasteiger partial charge in [-0.2, -0.15) is 0 Å². The Morgan fingerprint density at radius 1 is 1.20 bits per heavy atom. The normalized spacial score (nSPS) is 16.8. The van der Waals surface area contributed by atoms with Crippen molar-refractivity contribution in [2.75, 3.05) is 6.54 Å². The second-order valence-corrected chi connectivity index (χ2v) is 6.67. The maximum atomic E-state index is 4.31. The van der Waals surface area contributed by atoms with E-state index in [9.17, 15) is 0 Å². The van der Waals surface area contributed by atoms with E-state index in [0.717, 1.165) is 49.8 Å². The summed E-state index contributed by atoms with van der Waals surface area (Å²) in [7, 11) is 0. The van der Waals surface area contributed by atoms with Crippen LogP contribution >= 0.6 is 0 Å². The molecule has 3 heterocycles. The smallest absolute Gasteiger partial charge is 0.133 e. The molecular weight excluding hydrogens is 312 g/mol. The van der Waals surface area contributed by atoms with Gasteiger partial charge in [-0.25, -0.2) is 4.98 Å². The van der Waals surface area contributed by atoms with E-state index in [4.69, 9.17) is 0 Å². The molecule has 1 N–H and O–H groups in total. The third kappa shape index (κ3) is 3.49. The van der Waals surface area contributed by atoms with Crippen LogP contribution in [0.4, 0.5) is 0 Å². The predicted molar refractivity (Wildman–Crippen MR) is 96.5 cm³/mol. The van der Waals surface area contributed by atoms with Crippen LogP contribution in [0.3, 0.4) is 0 Å². The Morgan fingerprint density at radius 3 is 2.84 bits per heavy atom. The molecule has 0 radical (unpaired) electrons. The SMILES string of the molecule is CCc1nnc2n1C[C@H](CNCc1ccc(-n3ccnc3)cc1)CC2. The van der Waals surface area contributed by atoms with Gasteiger partial charge in [0.25, 0.3) is 0 Å². The molecule has 0 saturated carbocycles. The average molecular weight is 336 g/mol. The van der Waals surface area contributed by atoms with Crippen molar-refractivity contribution in [3.8, 4) is 5.69 Å². The van der Waals surface area contributed by atoms with E-state index >= 15 is 0 Å². The lowest BCUT2D eigenvalue weighted by atomic mass is 9.99. The number of aryl methyl sites for hydroxylation is 2. The number of rotatable bonds is 6. The van der Waals surface area contributed by atoms with Crippen molar-refractivity contribution in [3.63, 3.8) is 0 Å². The first-order chi connectivity index (χ1) is 12.3. The first kappa shape index (κ1) is 16.0. The number of imidazole rings is 1. The topological polar surface area (TPSA) is 60.6 Å². The van der Waals surface area contributed by atoms with Crippen LogP contribution in [0.15, 0.2) is 43.0 Å². The standard InChI is InChI=1S/C19H24N6/c1-2-18-22-23-19-8-5-16(13-25(18)19)12-21-11-15-3-6-17(7-4-15)24-10-9-20-14-24/h3-4,6-7,9-10,14,16,21H,2,5,8,11-13H2,1H3/t16-/m0/s1. The van der Waals surface area contributed by atoms with Crippen LogP contribution in [-0.2, 0) is 25.9 Å². The van der Waals surface area contributed by atoms with Crippen LogP contribution in [-0.4, -0.2) is 30.9 Å². The molecule has 1 atom stereocenters. The highest BCUT2D eigenvalue weighted by Crippen LogP contribution is 2.20. The maximum Gasteiger partial charge on any atom is 0.133 e. The van der Waals surface area contributed by atoms with E-state index in [1.165, 1.54) is 12.0 Å². The third-order valence-corrected chi connectivity index (χ3v) is 4.94. The second-order valence-electron chi connectivity index (χ2n) is 6.67. The molecule has 0 saturated heterocycles. The minimum Gasteiger partial charge on any atom is -0.315 e. The highest BCUT2D eigenvalue weighted by Gasteiger charge is 2.21. The highest BCUT2D eigenvalue weighted by atomic mass is 15.3. The molecule has 0 aliphatic carbocycles. The quantitative estimate of drug-likeness (QED) is 0.751. The number of nitrogens with zero attached hydrogens (tertiary/aromatic N) is 5. The predicted octanol–water partition coefficient (Wildman–Crippen LogP) is 2.38. The van der Waals surface area contributed by atoms with Gasteiger partial charge in [0.15, 0.2) is 0 Å². The Labute approximate surface area is 147 Å². The first-order valence-corrected chi connectivity index (χ1v) is 9.02. The van der Waals surface area contributed by atoms with Crippen molar-refractivity contribution in [1.29, 1.82) is 0 Å². The van der Waals surface area contributed by atoms with E-state index < -0.39 is 0 Å². The number of nitrogens with one attached hydrogen (secondary N) is 1. The number of hydrogen-bond donors (Lipinski definition) is 1. The minimum absolute atomic E-state index is 0.652. The molecule has 0 spiro atoms. The van der Waals surface area contributed by atoms with E-state index in [2.05, 4.69) is 56.3 Å². The van der Waals surface area contributed by atoms with Gasteiger partial charge < -0.3 is 14.5 Å². The van der Waals surface area contributed by atoms with Gasteiger partial charge in [-0.05, 0) is 36.6 Å². The minimum atomic E-state index is 0.652. The summed E-state index contributed by atoms with van der Waals surface area (Å²) in [6, 6.07) is 8.62. The second kappa shape index (κ2) is 7.19. The molecule has 1 aliphatic rings. The molecule has 0 unspecified atom stereocenters. The lowest BCUT2D eigenvalue weighted by Gasteiger charge is -2.24. The highest BCUT2D eigenvalue weighted by molar-refractivity contribution is 5.34. The molecule has 6 heteroatoms. The van der Waals surface area contributed by atoms with Gasteiger partial charge in [0, 0.05) is 44.0 Å². The van der Waals surface area contributed by atoms with Crippen molar-refractivity contribution in [1.82, 2.24) is 29.6 Å². The summed E-state index contributed by atoms with van der Waals surface area (Å²) in [5.41, 5.74) is 2.44. The Morgan fingerprint density at radius 2 is 2.08 bits per heavy atom. The van der Waals surface area contributed by atoms with Crippen molar-refractivity contribution in [3.05, 3.63) is 60.2 Å². The number of hydrogen-bond acceptors (Lipinski definition) is 4. The monoisotopic (exact) mass is 336 g/mol. The molecule has 1 aliphatic heterocycles. The Balaban J connectivity index is 1.29. The van der Waals surface area contributed by atoms with E-state index in [0.29, 0.717) is 5.92 Å². The zero-order chi connectivity index (χ0) is 17.1. The van der Waals surface area contributed by atoms with Crippen molar-refractivity contribution < 1.29 is 0 Å². The van der Waals surface area contributed by atoms with Gasteiger partial charge in [-0.15, -0.1) is 10.2 Å². The van der Waals surface area contributed by atoms with Crippen LogP contribution in [0.2, 0.25) is 0 Å². The lowest BCUT2D eigenvalue weighted by Crippen LogP contribution is -2.30. The molecular formula is C19H24N6. The van der Waals surface area contributed by atoms with Crippen LogP contribution in [0, 0.1) is 5.92 Å². The largest absolute Gasteiger partial charge is 0.315 e. The molecule has 0 fully saturated rings. The Hall–Kier alpha value is -2.47. The molecule has 130 valence electrons. The number of aromatic nitrogens is 5. The van der Waals surface area contributed by atoms with Crippen LogP contribution in [0.5, 0.6) is 0 Å². The number of fused-ring (bicyclic) bond motifs is 1. The summed E-state index contributed by atoms with van der Waals surface area (Å²) in [6.45, 7) is 5.12. The summed E-state index contributed by atoms with van der Waals surface area (Å²) in [6.07, 6.45) is 8.76. The maximum absolute atomic E-state index is 4.31. The summed E-state index contributed by atoms with van der Waals surface area (Å²) < 4.78 is 4.33. The fraction of sp³-hybridized carbons (Fsp3) is 0.421. The fourth-order valence-electron chi connectivity index (χ4n) is 3.50. The van der Waals surface area contributed by atoms with Gasteiger partial charge >= 0.3 is 0 Å². The molecule has 6 nitrogen and oxygen atoms in total. The molecule has 3 aromatic rings.